The lowest BCUT2D eigenvalue weighted by molar-refractivity contribution is 0.0473. The van der Waals surface area contributed by atoms with Gasteiger partial charge in [0.1, 0.15) is 0 Å². The average Bonchev–Trinajstić information content (AvgIpc) is 2.73. The van der Waals surface area contributed by atoms with Crippen LogP contribution in [0.1, 0.15) is 45.5 Å². The first kappa shape index (κ1) is 21.5. The summed E-state index contributed by atoms with van der Waals surface area (Å²) in [5.41, 5.74) is 0.952. The van der Waals surface area contributed by atoms with Gasteiger partial charge in [0.05, 0.1) is 15.5 Å². The molecular formula is C21H22ClNO5S. The summed E-state index contributed by atoms with van der Waals surface area (Å²) in [6.45, 7) is 2.15. The highest BCUT2D eigenvalue weighted by Gasteiger charge is 2.27. The predicted molar refractivity (Wildman–Crippen MR) is 110 cm³/mol. The van der Waals surface area contributed by atoms with E-state index in [9.17, 15) is 18.0 Å². The Morgan fingerprint density at radius 2 is 1.72 bits per heavy atom. The van der Waals surface area contributed by atoms with Crippen molar-refractivity contribution in [3.63, 3.8) is 0 Å². The number of ketones is 1. The van der Waals surface area contributed by atoms with Gasteiger partial charge in [0.2, 0.25) is 15.8 Å². The van der Waals surface area contributed by atoms with Crippen LogP contribution in [-0.2, 0) is 14.8 Å². The minimum absolute atomic E-state index is 0.0504. The normalized spacial score (nSPS) is 15.1. The van der Waals surface area contributed by atoms with E-state index in [4.69, 9.17) is 16.3 Å². The van der Waals surface area contributed by atoms with Crippen molar-refractivity contribution < 1.29 is 22.7 Å². The monoisotopic (exact) mass is 435 g/mol. The van der Waals surface area contributed by atoms with Crippen LogP contribution in [0.3, 0.4) is 0 Å². The van der Waals surface area contributed by atoms with Crippen LogP contribution >= 0.6 is 11.6 Å². The van der Waals surface area contributed by atoms with E-state index in [0.717, 1.165) is 19.3 Å². The quantitative estimate of drug-likeness (QED) is 0.508. The topological polar surface area (TPSA) is 80.8 Å². The molecule has 154 valence electrons. The van der Waals surface area contributed by atoms with Crippen LogP contribution in [0.5, 0.6) is 0 Å². The number of hydrogen-bond donors (Lipinski definition) is 0. The number of halogens is 1. The Hall–Kier alpha value is -2.22. The Labute approximate surface area is 175 Å². The molecule has 1 heterocycles. The van der Waals surface area contributed by atoms with Gasteiger partial charge in [-0.15, -0.1) is 0 Å². The van der Waals surface area contributed by atoms with Gasteiger partial charge in [-0.3, -0.25) is 4.79 Å². The van der Waals surface area contributed by atoms with E-state index in [1.54, 1.807) is 37.3 Å². The number of piperidine rings is 1. The third-order valence-corrected chi connectivity index (χ3v) is 7.11. The van der Waals surface area contributed by atoms with Crippen LogP contribution in [0.4, 0.5) is 0 Å². The first-order chi connectivity index (χ1) is 13.8. The molecule has 0 N–H and O–H groups in total. The number of benzene rings is 2. The van der Waals surface area contributed by atoms with E-state index in [1.807, 2.05) is 0 Å². The van der Waals surface area contributed by atoms with Crippen LogP contribution in [0.15, 0.2) is 47.4 Å². The van der Waals surface area contributed by atoms with Gasteiger partial charge in [-0.25, -0.2) is 13.2 Å². The van der Waals surface area contributed by atoms with Crippen LogP contribution in [0.25, 0.3) is 0 Å². The van der Waals surface area contributed by atoms with Gasteiger partial charge in [-0.1, -0.05) is 36.2 Å². The smallest absolute Gasteiger partial charge is 0.338 e. The maximum Gasteiger partial charge on any atom is 0.338 e. The van der Waals surface area contributed by atoms with Crippen LogP contribution in [0.2, 0.25) is 5.02 Å². The number of rotatable bonds is 6. The lowest BCUT2D eigenvalue weighted by atomic mass is 10.1. The fourth-order valence-corrected chi connectivity index (χ4v) is 4.99. The zero-order chi connectivity index (χ0) is 21.0. The van der Waals surface area contributed by atoms with Crippen molar-refractivity contribution in [3.8, 4) is 0 Å². The molecule has 6 nitrogen and oxygen atoms in total. The third-order valence-electron chi connectivity index (χ3n) is 4.89. The molecule has 29 heavy (non-hydrogen) atoms. The molecule has 0 amide bonds. The molecule has 0 radical (unpaired) electrons. The van der Waals surface area contributed by atoms with Crippen molar-refractivity contribution in [3.05, 3.63) is 64.2 Å². The van der Waals surface area contributed by atoms with Gasteiger partial charge in [0.25, 0.3) is 0 Å². The van der Waals surface area contributed by atoms with E-state index in [1.165, 1.54) is 16.4 Å². The van der Waals surface area contributed by atoms with Gasteiger partial charge >= 0.3 is 5.97 Å². The molecule has 1 saturated heterocycles. The molecule has 0 aliphatic carbocycles. The van der Waals surface area contributed by atoms with E-state index < -0.39 is 28.4 Å². The Morgan fingerprint density at radius 1 is 1.03 bits per heavy atom. The van der Waals surface area contributed by atoms with Gasteiger partial charge in [0.15, 0.2) is 6.61 Å². The molecule has 1 fully saturated rings. The summed E-state index contributed by atoms with van der Waals surface area (Å²) in [6, 6.07) is 10.9. The molecule has 0 unspecified atom stereocenters. The Bertz CT molecular complexity index is 1030. The summed E-state index contributed by atoms with van der Waals surface area (Å²) in [5, 5.41) is 0.277. The number of ether oxygens (including phenoxy) is 1. The molecule has 0 spiro atoms. The molecule has 0 saturated carbocycles. The van der Waals surface area contributed by atoms with Gasteiger partial charge in [-0.2, -0.15) is 4.31 Å². The highest BCUT2D eigenvalue weighted by atomic mass is 35.5. The fraction of sp³-hybridized carbons (Fsp3) is 0.333. The molecule has 1 aliphatic rings. The maximum atomic E-state index is 12.9. The summed E-state index contributed by atoms with van der Waals surface area (Å²) in [7, 11) is -3.67. The second-order valence-electron chi connectivity index (χ2n) is 6.92. The van der Waals surface area contributed by atoms with E-state index in [-0.39, 0.29) is 21.0 Å². The van der Waals surface area contributed by atoms with Crippen LogP contribution in [-0.4, -0.2) is 44.2 Å². The van der Waals surface area contributed by atoms with E-state index in [0.29, 0.717) is 18.7 Å². The van der Waals surface area contributed by atoms with Gasteiger partial charge in [-0.05, 0) is 49.6 Å². The molecule has 2 aromatic carbocycles. The highest BCUT2D eigenvalue weighted by molar-refractivity contribution is 7.89. The van der Waals surface area contributed by atoms with Crippen molar-refractivity contribution in [2.45, 2.75) is 31.1 Å². The predicted octanol–water partition coefficient (Wildman–Crippen LogP) is 3.86. The number of hydrogen-bond acceptors (Lipinski definition) is 5. The molecule has 1 aliphatic heterocycles. The summed E-state index contributed by atoms with van der Waals surface area (Å²) in [4.78, 5) is 24.8. The van der Waals surface area contributed by atoms with E-state index >= 15 is 0 Å². The number of carbonyl (C=O) groups excluding carboxylic acids is 2. The molecule has 8 heteroatoms. The van der Waals surface area contributed by atoms with Gasteiger partial charge < -0.3 is 4.74 Å². The fourth-order valence-electron chi connectivity index (χ4n) is 3.21. The first-order valence-corrected chi connectivity index (χ1v) is 11.2. The highest BCUT2D eigenvalue weighted by Crippen LogP contribution is 2.23. The van der Waals surface area contributed by atoms with Crippen molar-refractivity contribution in [2.24, 2.45) is 0 Å². The minimum atomic E-state index is -3.67. The van der Waals surface area contributed by atoms with E-state index in [2.05, 4.69) is 0 Å². The Balaban J connectivity index is 1.76. The number of esters is 1. The molecule has 0 atom stereocenters. The molecule has 2 aromatic rings. The summed E-state index contributed by atoms with van der Waals surface area (Å²) in [5.74, 6) is -1.18. The van der Waals surface area contributed by atoms with Crippen LogP contribution < -0.4 is 0 Å². The minimum Gasteiger partial charge on any atom is -0.454 e. The molecule has 3 rings (SSSR count). The summed E-state index contributed by atoms with van der Waals surface area (Å²) >= 11 is 5.99. The lowest BCUT2D eigenvalue weighted by Gasteiger charge is -2.26. The Morgan fingerprint density at radius 3 is 2.41 bits per heavy atom. The summed E-state index contributed by atoms with van der Waals surface area (Å²) in [6.07, 6.45) is 2.66. The number of aryl methyl sites for hydroxylation is 1. The average molecular weight is 436 g/mol. The SMILES string of the molecule is Cc1ccc(S(=O)(=O)N2CCCCC2)cc1C(=O)OCC(=O)c1ccccc1Cl. The standard InChI is InChI=1S/C21H22ClNO5S/c1-15-9-10-16(29(26,27)23-11-5-2-6-12-23)13-18(15)21(25)28-14-20(24)17-7-3-4-8-19(17)22/h3-4,7-10,13H,2,5-6,11-12,14H2,1H3. The zero-order valence-electron chi connectivity index (χ0n) is 16.1. The van der Waals surface area contributed by atoms with Crippen molar-refractivity contribution >= 4 is 33.4 Å². The zero-order valence-corrected chi connectivity index (χ0v) is 17.6. The lowest BCUT2D eigenvalue weighted by Crippen LogP contribution is -2.35. The molecule has 0 aromatic heterocycles. The first-order valence-electron chi connectivity index (χ1n) is 9.36. The number of nitrogens with zero attached hydrogens (tertiary/aromatic N) is 1. The largest absolute Gasteiger partial charge is 0.454 e. The van der Waals surface area contributed by atoms with Gasteiger partial charge in [0, 0.05) is 18.7 Å². The number of carbonyl (C=O) groups is 2. The number of Topliss-reactive ketones (excluding diaryl/α,β-unsaturated/α-hetero) is 1. The van der Waals surface area contributed by atoms with Crippen molar-refractivity contribution in [2.75, 3.05) is 19.7 Å². The maximum absolute atomic E-state index is 12.9. The summed E-state index contributed by atoms with van der Waals surface area (Å²) < 4.78 is 32.3. The second kappa shape index (κ2) is 9.07. The number of sulfonamides is 1. The molecule has 0 bridgehead atoms. The van der Waals surface area contributed by atoms with Crippen molar-refractivity contribution in [1.29, 1.82) is 0 Å². The Kier molecular flexibility index (Phi) is 6.72. The van der Waals surface area contributed by atoms with Crippen LogP contribution in [0, 0.1) is 6.92 Å². The second-order valence-corrected chi connectivity index (χ2v) is 9.27. The third kappa shape index (κ3) is 4.86. The molecular weight excluding hydrogens is 414 g/mol. The van der Waals surface area contributed by atoms with Crippen molar-refractivity contribution in [1.82, 2.24) is 4.31 Å².